The number of hydrogen-bond acceptors (Lipinski definition) is 10. The highest BCUT2D eigenvalue weighted by Crippen LogP contribution is 2.32. The van der Waals surface area contributed by atoms with Crippen LogP contribution in [0.3, 0.4) is 0 Å². The molecule has 2 saturated heterocycles. The highest BCUT2D eigenvalue weighted by Gasteiger charge is 2.47. The predicted octanol–water partition coefficient (Wildman–Crippen LogP) is 3.05. The molecule has 2 N–H and O–H groups in total. The first-order valence-electron chi connectivity index (χ1n) is 13.2. The van der Waals surface area contributed by atoms with E-state index in [1.807, 2.05) is 55.4 Å². The Morgan fingerprint density at radius 2 is 1.07 bits per heavy atom. The average Bonchev–Trinajstić information content (AvgIpc) is 3.62. The van der Waals surface area contributed by atoms with Crippen molar-refractivity contribution in [1.82, 2.24) is 20.1 Å². The first-order chi connectivity index (χ1) is 18.5. The highest BCUT2D eigenvalue weighted by atomic mass is 16.5. The molecule has 0 bridgehead atoms. The number of aromatic nitrogens is 2. The number of ether oxygens (including phenoxy) is 2. The number of nitrogens with zero attached hydrogens (tertiary/aromatic N) is 6. The number of carbonyl (C=O) groups is 2. The van der Waals surface area contributed by atoms with Crippen LogP contribution in [-0.4, -0.2) is 94.6 Å². The van der Waals surface area contributed by atoms with Gasteiger partial charge in [0.15, 0.2) is 36.5 Å². The third-order valence-electron chi connectivity index (χ3n) is 6.46. The fourth-order valence-electron chi connectivity index (χ4n) is 4.11. The Bertz CT molecular complexity index is 1080. The molecular formula is C26H42N6O8. The Morgan fingerprint density at radius 1 is 0.750 bits per heavy atom. The lowest BCUT2D eigenvalue weighted by atomic mass is 9.93. The fourth-order valence-corrected chi connectivity index (χ4v) is 4.11. The van der Waals surface area contributed by atoms with Crippen molar-refractivity contribution in [3.05, 3.63) is 23.7 Å². The van der Waals surface area contributed by atoms with Crippen LogP contribution in [0.4, 0.5) is 21.2 Å². The lowest BCUT2D eigenvalue weighted by molar-refractivity contribution is -0.0688. The van der Waals surface area contributed by atoms with E-state index >= 15 is 0 Å². The molecule has 0 saturated carbocycles. The lowest BCUT2D eigenvalue weighted by Gasteiger charge is -2.20. The molecule has 0 spiro atoms. The number of likely N-dealkylation sites (N-methyl/N-ethyl adjacent to an activating group) is 2. The number of carbonyl (C=O) groups excluding carboxylic acids is 2. The van der Waals surface area contributed by atoms with E-state index in [0.29, 0.717) is 36.4 Å². The van der Waals surface area contributed by atoms with Gasteiger partial charge in [-0.15, -0.1) is 0 Å². The molecule has 2 aliphatic rings. The number of aliphatic hydroxyl groups excluding tert-OH is 2. The fraction of sp³-hybridized carbons (Fsp3) is 0.692. The molecule has 4 atom stereocenters. The van der Waals surface area contributed by atoms with Crippen molar-refractivity contribution in [3.63, 3.8) is 0 Å². The molecule has 4 rings (SSSR count). The van der Waals surface area contributed by atoms with Crippen LogP contribution in [0.25, 0.3) is 0 Å². The highest BCUT2D eigenvalue weighted by molar-refractivity contribution is 5.94. The van der Waals surface area contributed by atoms with Crippen LogP contribution >= 0.6 is 0 Å². The largest absolute Gasteiger partial charge is 0.369 e. The summed E-state index contributed by atoms with van der Waals surface area (Å²) in [6.45, 7) is 16.3. The van der Waals surface area contributed by atoms with E-state index in [1.165, 1.54) is 19.6 Å². The molecule has 0 aliphatic carbocycles. The van der Waals surface area contributed by atoms with Gasteiger partial charge in [-0.2, -0.15) is 0 Å². The maximum absolute atomic E-state index is 12.2. The van der Waals surface area contributed by atoms with Gasteiger partial charge in [-0.05, 0) is 13.8 Å². The Balaban J connectivity index is 0.000000220. The van der Waals surface area contributed by atoms with Crippen molar-refractivity contribution in [3.8, 4) is 0 Å². The second-order valence-corrected chi connectivity index (χ2v) is 11.6. The Labute approximate surface area is 234 Å². The van der Waals surface area contributed by atoms with Gasteiger partial charge in [0.05, 0.1) is 0 Å². The zero-order valence-corrected chi connectivity index (χ0v) is 24.9. The number of urea groups is 2. The molecule has 4 heterocycles. The van der Waals surface area contributed by atoms with E-state index in [9.17, 15) is 19.8 Å². The van der Waals surface area contributed by atoms with Gasteiger partial charge in [0.2, 0.25) is 0 Å². The van der Waals surface area contributed by atoms with Crippen molar-refractivity contribution in [1.29, 1.82) is 0 Å². The number of anilines is 2. The van der Waals surface area contributed by atoms with Crippen LogP contribution in [0, 0.1) is 0 Å². The van der Waals surface area contributed by atoms with Crippen molar-refractivity contribution in [2.75, 3.05) is 37.1 Å². The van der Waals surface area contributed by atoms with Gasteiger partial charge in [0, 0.05) is 50.3 Å². The van der Waals surface area contributed by atoms with Gasteiger partial charge in [-0.1, -0.05) is 51.9 Å². The summed E-state index contributed by atoms with van der Waals surface area (Å²) in [5.74, 6) is 1.88. The van der Waals surface area contributed by atoms with E-state index in [1.54, 1.807) is 26.2 Å². The van der Waals surface area contributed by atoms with Crippen molar-refractivity contribution in [2.24, 2.45) is 0 Å². The molecular weight excluding hydrogens is 524 g/mol. The van der Waals surface area contributed by atoms with E-state index in [2.05, 4.69) is 10.3 Å². The Morgan fingerprint density at radius 3 is 1.32 bits per heavy atom. The molecule has 2 fully saturated rings. The molecule has 0 radical (unpaired) electrons. The summed E-state index contributed by atoms with van der Waals surface area (Å²) in [5, 5.41) is 28.3. The molecule has 14 nitrogen and oxygen atoms in total. The smallest absolute Gasteiger partial charge is 0.330 e. The first-order valence-corrected chi connectivity index (χ1v) is 13.2. The predicted molar refractivity (Wildman–Crippen MR) is 145 cm³/mol. The monoisotopic (exact) mass is 566 g/mol. The van der Waals surface area contributed by atoms with Gasteiger partial charge >= 0.3 is 12.1 Å². The maximum atomic E-state index is 12.2. The topological polar surface area (TPSA) is 158 Å². The van der Waals surface area contributed by atoms with Gasteiger partial charge in [0.25, 0.3) is 0 Å². The standard InChI is InChI=1S/2C13H21N3O4/c2*1-6-19-11-10(17)16(12(18)15(11)5)9-7-8(20-14-9)13(2,3)4/h2*7,10-11,17H,6H2,1-5H3/t2*10?,11-/m10/s1. The zero-order chi connectivity index (χ0) is 30.2. The van der Waals surface area contributed by atoms with Crippen LogP contribution in [0.5, 0.6) is 0 Å². The minimum absolute atomic E-state index is 0.218. The molecule has 2 aromatic rings. The van der Waals surface area contributed by atoms with E-state index in [4.69, 9.17) is 18.5 Å². The number of aliphatic hydroxyl groups is 2. The summed E-state index contributed by atoms with van der Waals surface area (Å²) in [6, 6.07) is 2.60. The summed E-state index contributed by atoms with van der Waals surface area (Å²) in [4.78, 5) is 29.4. The zero-order valence-electron chi connectivity index (χ0n) is 24.9. The maximum Gasteiger partial charge on any atom is 0.330 e. The second kappa shape index (κ2) is 11.7. The van der Waals surface area contributed by atoms with Gasteiger partial charge < -0.3 is 28.7 Å². The molecule has 4 amide bonds. The van der Waals surface area contributed by atoms with Gasteiger partial charge in [-0.3, -0.25) is 9.80 Å². The normalized spacial score (nSPS) is 23.8. The van der Waals surface area contributed by atoms with Crippen LogP contribution < -0.4 is 9.80 Å². The Hall–Kier alpha value is -3.20. The molecule has 224 valence electrons. The third-order valence-corrected chi connectivity index (χ3v) is 6.46. The summed E-state index contributed by atoms with van der Waals surface area (Å²) in [5.41, 5.74) is -0.436. The number of amides is 4. The molecule has 0 aromatic carbocycles. The summed E-state index contributed by atoms with van der Waals surface area (Å²) < 4.78 is 21.3. The van der Waals surface area contributed by atoms with Crippen molar-refractivity contribution < 1.29 is 38.3 Å². The molecule has 14 heteroatoms. The van der Waals surface area contributed by atoms with Crippen LogP contribution in [-0.2, 0) is 20.3 Å². The van der Waals surface area contributed by atoms with E-state index < -0.39 is 24.9 Å². The first kappa shape index (κ1) is 31.3. The van der Waals surface area contributed by atoms with Crippen LogP contribution in [0.15, 0.2) is 21.2 Å². The van der Waals surface area contributed by atoms with Crippen LogP contribution in [0.1, 0.15) is 66.9 Å². The van der Waals surface area contributed by atoms with E-state index in [0.717, 1.165) is 0 Å². The molecule has 2 aliphatic heterocycles. The van der Waals surface area contributed by atoms with Gasteiger partial charge in [-0.25, -0.2) is 19.4 Å². The molecule has 40 heavy (non-hydrogen) atoms. The SMILES string of the molecule is CCO[C@@H]1C(O)N(c2cc(C(C)(C)C)on2)C(=O)N1C.CCO[C@H]1C(O)N(c2cc(C(C)(C)C)on2)C(=O)N1C. The number of hydrogen-bond donors (Lipinski definition) is 2. The molecule has 2 unspecified atom stereocenters. The minimum atomic E-state index is -1.11. The van der Waals surface area contributed by atoms with Crippen molar-refractivity contribution in [2.45, 2.75) is 91.1 Å². The number of rotatable bonds is 6. The summed E-state index contributed by atoms with van der Waals surface area (Å²) >= 11 is 0. The van der Waals surface area contributed by atoms with Crippen molar-refractivity contribution >= 4 is 23.7 Å². The van der Waals surface area contributed by atoms with Gasteiger partial charge in [0.1, 0.15) is 11.5 Å². The second-order valence-electron chi connectivity index (χ2n) is 11.6. The average molecular weight is 567 g/mol. The van der Waals surface area contributed by atoms with Crippen LogP contribution in [0.2, 0.25) is 0 Å². The summed E-state index contributed by atoms with van der Waals surface area (Å²) in [6.07, 6.45) is -3.62. The summed E-state index contributed by atoms with van der Waals surface area (Å²) in [7, 11) is 3.16. The Kier molecular flexibility index (Phi) is 9.19. The van der Waals surface area contributed by atoms with E-state index in [-0.39, 0.29) is 22.9 Å². The quantitative estimate of drug-likeness (QED) is 0.532. The minimum Gasteiger partial charge on any atom is -0.369 e. The molecule has 2 aromatic heterocycles. The lowest BCUT2D eigenvalue weighted by Crippen LogP contribution is -2.38. The third kappa shape index (κ3) is 6.09.